The van der Waals surface area contributed by atoms with Gasteiger partial charge in [-0.3, -0.25) is 9.69 Å². The maximum Gasteiger partial charge on any atom is 0.317 e. The number of amides is 2. The van der Waals surface area contributed by atoms with E-state index in [-0.39, 0.29) is 12.5 Å². The van der Waals surface area contributed by atoms with Gasteiger partial charge in [0.1, 0.15) is 0 Å². The van der Waals surface area contributed by atoms with Crippen LogP contribution in [0.2, 0.25) is 0 Å². The summed E-state index contributed by atoms with van der Waals surface area (Å²) >= 11 is 0. The molecule has 0 unspecified atom stereocenters. The van der Waals surface area contributed by atoms with Gasteiger partial charge in [-0.25, -0.2) is 9.78 Å². The van der Waals surface area contributed by atoms with E-state index in [9.17, 15) is 9.59 Å². The molecule has 1 aliphatic rings. The Hall–Kier alpha value is -2.09. The number of H-pyrrole nitrogens is 1. The van der Waals surface area contributed by atoms with Gasteiger partial charge in [-0.1, -0.05) is 0 Å². The van der Waals surface area contributed by atoms with Gasteiger partial charge in [0, 0.05) is 38.9 Å². The van der Waals surface area contributed by atoms with E-state index in [1.54, 1.807) is 17.4 Å². The minimum Gasteiger partial charge on any atom is -0.481 e. The number of imidazole rings is 1. The lowest BCUT2D eigenvalue weighted by Gasteiger charge is -2.34. The summed E-state index contributed by atoms with van der Waals surface area (Å²) in [6, 6.07) is -0.0996. The van der Waals surface area contributed by atoms with E-state index in [4.69, 9.17) is 5.11 Å². The fourth-order valence-corrected chi connectivity index (χ4v) is 2.09. The number of hydrogen-bond donors (Lipinski definition) is 3. The van der Waals surface area contributed by atoms with E-state index in [0.29, 0.717) is 39.3 Å². The van der Waals surface area contributed by atoms with Crippen LogP contribution in [0.5, 0.6) is 0 Å². The lowest BCUT2D eigenvalue weighted by atomic mass is 10.3. The average molecular weight is 281 g/mol. The first-order valence-electron chi connectivity index (χ1n) is 6.59. The molecule has 1 aliphatic heterocycles. The van der Waals surface area contributed by atoms with E-state index in [1.165, 1.54) is 0 Å². The van der Waals surface area contributed by atoms with Gasteiger partial charge in [-0.2, -0.15) is 0 Å². The zero-order chi connectivity index (χ0) is 14.4. The first-order chi connectivity index (χ1) is 9.65. The smallest absolute Gasteiger partial charge is 0.317 e. The van der Waals surface area contributed by atoms with Gasteiger partial charge in [0.25, 0.3) is 0 Å². The summed E-state index contributed by atoms with van der Waals surface area (Å²) in [6.45, 7) is 3.63. The topological polar surface area (TPSA) is 102 Å². The van der Waals surface area contributed by atoms with Crippen molar-refractivity contribution in [3.05, 3.63) is 18.2 Å². The van der Waals surface area contributed by atoms with Crippen molar-refractivity contribution in [3.8, 4) is 0 Å². The molecule has 8 nitrogen and oxygen atoms in total. The summed E-state index contributed by atoms with van der Waals surface area (Å²) in [5, 5.41) is 11.5. The Balaban J connectivity index is 1.67. The molecular formula is C12H19N5O3. The van der Waals surface area contributed by atoms with Gasteiger partial charge in [-0.15, -0.1) is 0 Å². The minimum atomic E-state index is -0.787. The monoisotopic (exact) mass is 281 g/mol. The molecule has 2 heterocycles. The third-order valence-electron chi connectivity index (χ3n) is 3.29. The highest BCUT2D eigenvalue weighted by atomic mass is 16.4. The maximum atomic E-state index is 11.9. The van der Waals surface area contributed by atoms with Crippen LogP contribution < -0.4 is 5.32 Å². The molecule has 1 aromatic rings. The lowest BCUT2D eigenvalue weighted by Crippen LogP contribution is -2.51. The summed E-state index contributed by atoms with van der Waals surface area (Å²) in [5.74, 6) is -0.787. The molecule has 0 bridgehead atoms. The maximum absolute atomic E-state index is 11.9. The Morgan fingerprint density at radius 1 is 1.35 bits per heavy atom. The zero-order valence-corrected chi connectivity index (χ0v) is 11.2. The van der Waals surface area contributed by atoms with E-state index < -0.39 is 5.97 Å². The Kier molecular flexibility index (Phi) is 4.94. The highest BCUT2D eigenvalue weighted by Crippen LogP contribution is 2.03. The van der Waals surface area contributed by atoms with E-state index >= 15 is 0 Å². The van der Waals surface area contributed by atoms with Crippen molar-refractivity contribution in [2.24, 2.45) is 0 Å². The quantitative estimate of drug-likeness (QED) is 0.688. The first kappa shape index (κ1) is 14.3. The Morgan fingerprint density at radius 2 is 2.10 bits per heavy atom. The first-order valence-corrected chi connectivity index (χ1v) is 6.59. The number of carboxylic acids is 1. The molecule has 1 fully saturated rings. The Morgan fingerprint density at radius 3 is 2.70 bits per heavy atom. The second-order valence-corrected chi connectivity index (χ2v) is 4.71. The molecule has 0 aliphatic carbocycles. The van der Waals surface area contributed by atoms with Gasteiger partial charge >= 0.3 is 12.0 Å². The molecule has 1 saturated heterocycles. The predicted molar refractivity (Wildman–Crippen MR) is 71.1 cm³/mol. The molecule has 0 aromatic carbocycles. The van der Waals surface area contributed by atoms with Crippen LogP contribution in [-0.2, 0) is 11.3 Å². The number of carbonyl (C=O) groups is 2. The third kappa shape index (κ3) is 4.23. The third-order valence-corrected chi connectivity index (χ3v) is 3.29. The molecular weight excluding hydrogens is 262 g/mol. The van der Waals surface area contributed by atoms with Crippen LogP contribution in [0.1, 0.15) is 12.1 Å². The van der Waals surface area contributed by atoms with E-state index in [2.05, 4.69) is 20.2 Å². The second-order valence-electron chi connectivity index (χ2n) is 4.71. The molecule has 3 N–H and O–H groups in total. The van der Waals surface area contributed by atoms with Crippen LogP contribution in [0.25, 0.3) is 0 Å². The Labute approximate surface area is 116 Å². The van der Waals surface area contributed by atoms with Crippen molar-refractivity contribution in [2.75, 3.05) is 32.7 Å². The fourth-order valence-electron chi connectivity index (χ4n) is 2.09. The summed E-state index contributed by atoms with van der Waals surface area (Å²) in [5.41, 5.74) is 0.860. The fraction of sp³-hybridized carbons (Fsp3) is 0.583. The van der Waals surface area contributed by atoms with Gasteiger partial charge in [0.15, 0.2) is 0 Å². The van der Waals surface area contributed by atoms with Gasteiger partial charge in [0.05, 0.1) is 25.0 Å². The summed E-state index contributed by atoms with van der Waals surface area (Å²) in [7, 11) is 0. The van der Waals surface area contributed by atoms with Gasteiger partial charge in [-0.05, 0) is 0 Å². The average Bonchev–Trinajstić information content (AvgIpc) is 2.96. The zero-order valence-electron chi connectivity index (χ0n) is 11.2. The van der Waals surface area contributed by atoms with Crippen LogP contribution in [0, 0.1) is 0 Å². The normalized spacial score (nSPS) is 16.1. The molecule has 0 spiro atoms. The van der Waals surface area contributed by atoms with Crippen LogP contribution in [-0.4, -0.2) is 69.6 Å². The molecule has 110 valence electrons. The van der Waals surface area contributed by atoms with Crippen molar-refractivity contribution in [1.82, 2.24) is 25.1 Å². The number of nitrogens with zero attached hydrogens (tertiary/aromatic N) is 3. The highest BCUT2D eigenvalue weighted by molar-refractivity contribution is 5.74. The number of aromatic nitrogens is 2. The summed E-state index contributed by atoms with van der Waals surface area (Å²) < 4.78 is 0. The number of urea groups is 1. The SMILES string of the molecule is O=C(O)CCN1CCN(C(=O)NCc2cnc[nH]2)CC1. The summed E-state index contributed by atoms with van der Waals surface area (Å²) in [4.78, 5) is 33.0. The van der Waals surface area contributed by atoms with Crippen molar-refractivity contribution in [2.45, 2.75) is 13.0 Å². The number of rotatable bonds is 5. The Bertz CT molecular complexity index is 440. The molecule has 0 radical (unpaired) electrons. The number of carboxylic acid groups (broad SMARTS) is 1. The van der Waals surface area contributed by atoms with Crippen molar-refractivity contribution in [3.63, 3.8) is 0 Å². The number of aliphatic carboxylic acids is 1. The van der Waals surface area contributed by atoms with Gasteiger partial charge < -0.3 is 20.3 Å². The standard InChI is InChI=1S/C12H19N5O3/c18-11(19)1-2-16-3-5-17(6-4-16)12(20)14-8-10-7-13-9-15-10/h7,9H,1-6,8H2,(H,13,15)(H,14,20)(H,18,19). The van der Waals surface area contributed by atoms with E-state index in [0.717, 1.165) is 5.69 Å². The van der Waals surface area contributed by atoms with Crippen LogP contribution in [0.15, 0.2) is 12.5 Å². The largest absolute Gasteiger partial charge is 0.481 e. The molecule has 1 aromatic heterocycles. The number of carbonyl (C=O) groups excluding carboxylic acids is 1. The predicted octanol–water partition coefficient (Wildman–Crippen LogP) is -0.288. The van der Waals surface area contributed by atoms with Crippen LogP contribution in [0.3, 0.4) is 0 Å². The molecule has 8 heteroatoms. The highest BCUT2D eigenvalue weighted by Gasteiger charge is 2.21. The number of aromatic amines is 1. The van der Waals surface area contributed by atoms with Crippen molar-refractivity contribution < 1.29 is 14.7 Å². The molecule has 0 atom stereocenters. The molecule has 2 amide bonds. The van der Waals surface area contributed by atoms with Crippen molar-refractivity contribution >= 4 is 12.0 Å². The number of piperazine rings is 1. The lowest BCUT2D eigenvalue weighted by molar-refractivity contribution is -0.137. The molecule has 20 heavy (non-hydrogen) atoms. The van der Waals surface area contributed by atoms with Crippen LogP contribution >= 0.6 is 0 Å². The number of nitrogens with one attached hydrogen (secondary N) is 2. The second kappa shape index (κ2) is 6.90. The summed E-state index contributed by atoms with van der Waals surface area (Å²) in [6.07, 6.45) is 3.39. The minimum absolute atomic E-state index is 0.0996. The van der Waals surface area contributed by atoms with Crippen LogP contribution in [0.4, 0.5) is 4.79 Å². The molecule has 0 saturated carbocycles. The van der Waals surface area contributed by atoms with E-state index in [1.807, 2.05) is 0 Å². The van der Waals surface area contributed by atoms with Crippen molar-refractivity contribution in [1.29, 1.82) is 0 Å². The van der Waals surface area contributed by atoms with Gasteiger partial charge in [0.2, 0.25) is 0 Å². The molecule has 2 rings (SSSR count). The number of hydrogen-bond acceptors (Lipinski definition) is 4.